The van der Waals surface area contributed by atoms with E-state index in [1.807, 2.05) is 18.3 Å². The smallest absolute Gasteiger partial charge is 0.224 e. The van der Waals surface area contributed by atoms with Crippen LogP contribution in [0.1, 0.15) is 25.8 Å². The fourth-order valence-electron chi connectivity index (χ4n) is 3.29. The van der Waals surface area contributed by atoms with Crippen LogP contribution in [-0.2, 0) is 16.1 Å². The largest absolute Gasteiger partial charge is 0.372 e. The van der Waals surface area contributed by atoms with Crippen molar-refractivity contribution in [3.05, 3.63) is 23.9 Å². The summed E-state index contributed by atoms with van der Waals surface area (Å²) in [5, 5.41) is 6.21. The van der Waals surface area contributed by atoms with Crippen molar-refractivity contribution in [2.24, 2.45) is 5.92 Å². The monoisotopic (exact) mass is 318 g/mol. The van der Waals surface area contributed by atoms with Crippen molar-refractivity contribution in [1.29, 1.82) is 0 Å². The number of amides is 1. The van der Waals surface area contributed by atoms with Gasteiger partial charge < -0.3 is 20.3 Å². The maximum Gasteiger partial charge on any atom is 0.224 e. The van der Waals surface area contributed by atoms with E-state index in [-0.39, 0.29) is 24.0 Å². The van der Waals surface area contributed by atoms with E-state index in [1.165, 1.54) is 0 Å². The quantitative estimate of drug-likeness (QED) is 0.864. The molecular weight excluding hydrogens is 292 g/mol. The zero-order valence-corrected chi connectivity index (χ0v) is 13.9. The minimum Gasteiger partial charge on any atom is -0.372 e. The van der Waals surface area contributed by atoms with Gasteiger partial charge in [0.05, 0.1) is 18.1 Å². The van der Waals surface area contributed by atoms with Gasteiger partial charge in [-0.2, -0.15) is 0 Å². The Balaban J connectivity index is 1.53. The summed E-state index contributed by atoms with van der Waals surface area (Å²) in [6, 6.07) is 4.07. The number of nitrogens with one attached hydrogen (secondary N) is 2. The molecule has 0 radical (unpaired) electrons. The Kier molecular flexibility index (Phi) is 5.13. The molecule has 3 unspecified atom stereocenters. The summed E-state index contributed by atoms with van der Waals surface area (Å²) in [4.78, 5) is 18.8. The molecule has 3 heterocycles. The number of carbonyl (C=O) groups excluding carboxylic acids is 1. The molecule has 0 saturated carbocycles. The second-order valence-corrected chi connectivity index (χ2v) is 6.59. The molecule has 0 aliphatic carbocycles. The molecule has 3 rings (SSSR count). The Bertz CT molecular complexity index is 518. The zero-order valence-electron chi connectivity index (χ0n) is 13.9. The summed E-state index contributed by atoms with van der Waals surface area (Å²) < 4.78 is 5.75. The number of aromatic nitrogens is 1. The summed E-state index contributed by atoms with van der Waals surface area (Å²) in [5.74, 6) is 1.22. The summed E-state index contributed by atoms with van der Waals surface area (Å²) in [6.45, 7) is 8.17. The first-order valence-corrected chi connectivity index (χ1v) is 8.45. The van der Waals surface area contributed by atoms with Gasteiger partial charge in [0.1, 0.15) is 5.82 Å². The van der Waals surface area contributed by atoms with Crippen molar-refractivity contribution in [2.75, 3.05) is 31.1 Å². The highest BCUT2D eigenvalue weighted by Crippen LogP contribution is 2.18. The molecule has 2 N–H and O–H groups in total. The predicted molar refractivity (Wildman–Crippen MR) is 89.3 cm³/mol. The fraction of sp³-hybridized carbons (Fsp3) is 0.647. The summed E-state index contributed by atoms with van der Waals surface area (Å²) in [6.07, 6.45) is 3.23. The highest BCUT2D eigenvalue weighted by molar-refractivity contribution is 5.79. The van der Waals surface area contributed by atoms with E-state index in [0.717, 1.165) is 44.0 Å². The maximum atomic E-state index is 12.0. The van der Waals surface area contributed by atoms with Gasteiger partial charge in [0.2, 0.25) is 5.91 Å². The number of hydrogen-bond acceptors (Lipinski definition) is 5. The third kappa shape index (κ3) is 4.20. The number of pyridine rings is 1. The Morgan fingerprint density at radius 3 is 2.78 bits per heavy atom. The van der Waals surface area contributed by atoms with E-state index >= 15 is 0 Å². The Morgan fingerprint density at radius 1 is 1.39 bits per heavy atom. The van der Waals surface area contributed by atoms with Crippen LogP contribution in [-0.4, -0.2) is 49.3 Å². The molecule has 3 atom stereocenters. The maximum absolute atomic E-state index is 12.0. The molecular formula is C17H26N4O2. The van der Waals surface area contributed by atoms with E-state index in [2.05, 4.69) is 34.4 Å². The summed E-state index contributed by atoms with van der Waals surface area (Å²) in [7, 11) is 0. The van der Waals surface area contributed by atoms with Crippen LogP contribution in [0.5, 0.6) is 0 Å². The number of hydrogen-bond donors (Lipinski definition) is 2. The first kappa shape index (κ1) is 16.2. The van der Waals surface area contributed by atoms with Crippen LogP contribution in [0, 0.1) is 5.92 Å². The van der Waals surface area contributed by atoms with Crippen molar-refractivity contribution in [2.45, 2.75) is 39.0 Å². The van der Waals surface area contributed by atoms with Gasteiger partial charge in [-0.3, -0.25) is 4.79 Å². The SMILES string of the molecule is CC1CN(c2ccc(CNC(=O)C3CCNC3)cn2)CC(C)O1. The topological polar surface area (TPSA) is 66.5 Å². The van der Waals surface area contributed by atoms with Crippen molar-refractivity contribution >= 4 is 11.7 Å². The molecule has 6 nitrogen and oxygen atoms in total. The molecule has 0 spiro atoms. The molecule has 23 heavy (non-hydrogen) atoms. The Labute approximate surface area is 137 Å². The number of carbonyl (C=O) groups is 1. The van der Waals surface area contributed by atoms with Gasteiger partial charge in [-0.25, -0.2) is 4.98 Å². The second-order valence-electron chi connectivity index (χ2n) is 6.59. The van der Waals surface area contributed by atoms with Crippen molar-refractivity contribution < 1.29 is 9.53 Å². The van der Waals surface area contributed by atoms with E-state index in [0.29, 0.717) is 6.54 Å². The first-order chi connectivity index (χ1) is 11.1. The lowest BCUT2D eigenvalue weighted by Gasteiger charge is -2.36. The molecule has 126 valence electrons. The van der Waals surface area contributed by atoms with Gasteiger partial charge in [-0.05, 0) is 38.4 Å². The van der Waals surface area contributed by atoms with Gasteiger partial charge >= 0.3 is 0 Å². The Morgan fingerprint density at radius 2 is 2.17 bits per heavy atom. The predicted octanol–water partition coefficient (Wildman–Crippen LogP) is 0.921. The van der Waals surface area contributed by atoms with E-state index in [1.54, 1.807) is 0 Å². The lowest BCUT2D eigenvalue weighted by Crippen LogP contribution is -2.45. The standard InChI is InChI=1S/C17H26N4O2/c1-12-10-21(11-13(2)23-12)16-4-3-14(7-19-16)8-20-17(22)15-5-6-18-9-15/h3-4,7,12-13,15,18H,5-6,8-11H2,1-2H3,(H,20,22). The number of morpholine rings is 1. The molecule has 2 saturated heterocycles. The third-order valence-electron chi connectivity index (χ3n) is 4.45. The van der Waals surface area contributed by atoms with Crippen LogP contribution in [0.3, 0.4) is 0 Å². The van der Waals surface area contributed by atoms with Crippen LogP contribution in [0.2, 0.25) is 0 Å². The molecule has 2 fully saturated rings. The highest BCUT2D eigenvalue weighted by Gasteiger charge is 2.23. The van der Waals surface area contributed by atoms with Crippen LogP contribution in [0.15, 0.2) is 18.3 Å². The number of nitrogens with zero attached hydrogens (tertiary/aromatic N) is 2. The molecule has 2 aliphatic rings. The lowest BCUT2D eigenvalue weighted by molar-refractivity contribution is -0.124. The van der Waals surface area contributed by atoms with Crippen LogP contribution in [0.25, 0.3) is 0 Å². The number of rotatable bonds is 4. The minimum absolute atomic E-state index is 0.110. The Hall–Kier alpha value is -1.66. The minimum atomic E-state index is 0.110. The normalized spacial score (nSPS) is 27.9. The number of anilines is 1. The molecule has 1 aromatic rings. The van der Waals surface area contributed by atoms with Crippen molar-refractivity contribution in [1.82, 2.24) is 15.6 Å². The van der Waals surface area contributed by atoms with Gasteiger partial charge in [-0.1, -0.05) is 6.07 Å². The van der Waals surface area contributed by atoms with Gasteiger partial charge in [0.15, 0.2) is 0 Å². The second kappa shape index (κ2) is 7.27. The molecule has 1 amide bonds. The average Bonchev–Trinajstić information content (AvgIpc) is 3.07. The highest BCUT2D eigenvalue weighted by atomic mass is 16.5. The fourth-order valence-corrected chi connectivity index (χ4v) is 3.29. The van der Waals surface area contributed by atoms with Crippen LogP contribution >= 0.6 is 0 Å². The van der Waals surface area contributed by atoms with Crippen LogP contribution in [0.4, 0.5) is 5.82 Å². The summed E-state index contributed by atoms with van der Waals surface area (Å²) >= 11 is 0. The summed E-state index contributed by atoms with van der Waals surface area (Å²) in [5.41, 5.74) is 1.03. The average molecular weight is 318 g/mol. The molecule has 6 heteroatoms. The zero-order chi connectivity index (χ0) is 16.2. The van der Waals surface area contributed by atoms with Gasteiger partial charge in [0, 0.05) is 32.4 Å². The first-order valence-electron chi connectivity index (χ1n) is 8.45. The van der Waals surface area contributed by atoms with E-state index in [4.69, 9.17) is 4.74 Å². The molecule has 0 bridgehead atoms. The molecule has 1 aromatic heterocycles. The molecule has 0 aromatic carbocycles. The van der Waals surface area contributed by atoms with Crippen molar-refractivity contribution in [3.63, 3.8) is 0 Å². The van der Waals surface area contributed by atoms with Crippen LogP contribution < -0.4 is 15.5 Å². The molecule has 2 aliphatic heterocycles. The third-order valence-corrected chi connectivity index (χ3v) is 4.45. The lowest BCUT2D eigenvalue weighted by atomic mass is 10.1. The van der Waals surface area contributed by atoms with Gasteiger partial charge in [0.25, 0.3) is 0 Å². The van der Waals surface area contributed by atoms with E-state index < -0.39 is 0 Å². The number of ether oxygens (including phenoxy) is 1. The van der Waals surface area contributed by atoms with Crippen molar-refractivity contribution in [3.8, 4) is 0 Å². The van der Waals surface area contributed by atoms with E-state index in [9.17, 15) is 4.79 Å². The van der Waals surface area contributed by atoms with Gasteiger partial charge in [-0.15, -0.1) is 0 Å².